The van der Waals surface area contributed by atoms with Crippen LogP contribution in [0.5, 0.6) is 0 Å². The Labute approximate surface area is 322 Å². The maximum Gasteiger partial charge on any atom is 0.244 e. The van der Waals surface area contributed by atoms with Crippen LogP contribution in [0.15, 0.2) is 66.7 Å². The van der Waals surface area contributed by atoms with Crippen LogP contribution in [0.2, 0.25) is 0 Å². The van der Waals surface area contributed by atoms with E-state index in [1.165, 1.54) is 0 Å². The number of ketones is 1. The highest BCUT2D eigenvalue weighted by molar-refractivity contribution is 6.09. The predicted molar refractivity (Wildman–Crippen MR) is 207 cm³/mol. The Balaban J connectivity index is 1.61. The number of hydrogen-bond acceptors (Lipinski definition) is 8. The summed E-state index contributed by atoms with van der Waals surface area (Å²) in [4.78, 5) is 92.4. The first-order chi connectivity index (χ1) is 26.5. The quantitative estimate of drug-likeness (QED) is 0.132. The molecule has 0 spiro atoms. The zero-order chi connectivity index (χ0) is 39.6. The molecule has 9 N–H and O–H groups in total. The van der Waals surface area contributed by atoms with Crippen LogP contribution >= 0.6 is 0 Å². The van der Waals surface area contributed by atoms with Crippen molar-refractivity contribution in [1.82, 2.24) is 26.6 Å². The lowest BCUT2D eigenvalue weighted by atomic mass is 9.84. The second-order valence-electron chi connectivity index (χ2n) is 14.4. The number of primary amides is 1. The number of unbranched alkanes of at least 4 members (excludes halogenated alkanes) is 1. The summed E-state index contributed by atoms with van der Waals surface area (Å²) < 4.78 is 0. The van der Waals surface area contributed by atoms with Crippen molar-refractivity contribution in [2.75, 3.05) is 13.1 Å². The van der Waals surface area contributed by atoms with E-state index in [1.807, 2.05) is 6.07 Å². The van der Waals surface area contributed by atoms with Crippen LogP contribution < -0.4 is 38.1 Å². The Hall–Kier alpha value is -5.37. The Morgan fingerprint density at radius 1 is 0.636 bits per heavy atom. The zero-order valence-electron chi connectivity index (χ0n) is 31.4. The summed E-state index contributed by atoms with van der Waals surface area (Å²) in [7, 11) is 0. The second kappa shape index (κ2) is 22.1. The second-order valence-corrected chi connectivity index (χ2v) is 14.4. The molecule has 1 aliphatic carbocycles. The molecular weight excluding hydrogens is 702 g/mol. The van der Waals surface area contributed by atoms with E-state index in [0.717, 1.165) is 44.3 Å². The Morgan fingerprint density at radius 2 is 1.25 bits per heavy atom. The molecule has 4 atom stereocenters. The summed E-state index contributed by atoms with van der Waals surface area (Å²) in [6.07, 6.45) is 9.70. The molecule has 1 heterocycles. The first kappa shape index (κ1) is 42.4. The largest absolute Gasteiger partial charge is 0.368 e. The molecule has 6 amide bonds. The van der Waals surface area contributed by atoms with Crippen molar-refractivity contribution in [3.8, 4) is 0 Å². The SMILES string of the molecule is NCCCCC1NC(=O)C=CC(=O)N[C@H](C(N)=O)CCCCNC(=O)[C@@H](Cc2ccc(C(=O)c3ccccc3)cc2)NC(=O)C(CC2CCCCC2)NC1=O. The van der Waals surface area contributed by atoms with Gasteiger partial charge in [-0.1, -0.05) is 86.7 Å². The van der Waals surface area contributed by atoms with Gasteiger partial charge >= 0.3 is 0 Å². The van der Waals surface area contributed by atoms with Crippen LogP contribution in [-0.4, -0.2) is 78.5 Å². The number of hydrogen-bond donors (Lipinski definition) is 7. The van der Waals surface area contributed by atoms with Gasteiger partial charge in [0.25, 0.3) is 0 Å². The van der Waals surface area contributed by atoms with Crippen LogP contribution in [0.25, 0.3) is 0 Å². The van der Waals surface area contributed by atoms with Crippen LogP contribution in [0.4, 0.5) is 0 Å². The van der Waals surface area contributed by atoms with Gasteiger partial charge in [0.05, 0.1) is 0 Å². The number of carbonyl (C=O) groups excluding carboxylic acids is 7. The summed E-state index contributed by atoms with van der Waals surface area (Å²) >= 11 is 0. The predicted octanol–water partition coefficient (Wildman–Crippen LogP) is 1.84. The van der Waals surface area contributed by atoms with Gasteiger partial charge in [0, 0.05) is 36.2 Å². The standard InChI is InChI=1S/C41H55N7O7/c42-23-9-7-16-32-40(54)48-34(25-27-11-3-1-4-12-27)41(55)47-33(26-28-17-19-30(20-18-28)37(51)29-13-5-2-6-14-29)39(53)44-24-10-8-15-31(38(43)52)45-35(49)21-22-36(50)46-32/h2,5-6,13-14,17-22,27,31-34H,1,3-4,7-12,15-16,23-26,42H2,(H2,43,52)(H,44,53)(H,45,49)(H,46,50)(H,47,55)(H,48,54)/t31-,32?,33+,34?/m0/s1. The molecule has 296 valence electrons. The number of carbonyl (C=O) groups is 7. The summed E-state index contributed by atoms with van der Waals surface area (Å²) in [6.45, 7) is 0.591. The third-order valence-corrected chi connectivity index (χ3v) is 10.1. The van der Waals surface area contributed by atoms with Gasteiger partial charge in [0.2, 0.25) is 35.4 Å². The lowest BCUT2D eigenvalue weighted by molar-refractivity contribution is -0.133. The number of rotatable bonds is 11. The molecule has 1 fully saturated rings. The molecule has 0 aromatic heterocycles. The van der Waals surface area contributed by atoms with Crippen molar-refractivity contribution < 1.29 is 33.6 Å². The van der Waals surface area contributed by atoms with Gasteiger partial charge in [-0.25, -0.2) is 0 Å². The third kappa shape index (κ3) is 14.1. The summed E-state index contributed by atoms with van der Waals surface area (Å²) in [5, 5.41) is 13.8. The van der Waals surface area contributed by atoms with Crippen molar-refractivity contribution in [2.45, 2.75) is 108 Å². The first-order valence-electron chi connectivity index (χ1n) is 19.4. The molecule has 0 saturated heterocycles. The van der Waals surface area contributed by atoms with Gasteiger partial charge in [0.1, 0.15) is 24.2 Å². The lowest BCUT2D eigenvalue weighted by Crippen LogP contribution is -2.57. The van der Waals surface area contributed by atoms with E-state index < -0.39 is 59.6 Å². The minimum absolute atomic E-state index is 0.0986. The van der Waals surface area contributed by atoms with Crippen molar-refractivity contribution >= 4 is 41.2 Å². The molecule has 1 aliphatic heterocycles. The Morgan fingerprint density at radius 3 is 1.93 bits per heavy atom. The normalized spacial score (nSPS) is 22.7. The zero-order valence-corrected chi connectivity index (χ0v) is 31.4. The highest BCUT2D eigenvalue weighted by atomic mass is 16.2. The smallest absolute Gasteiger partial charge is 0.244 e. The fourth-order valence-corrected chi connectivity index (χ4v) is 6.97. The number of benzene rings is 2. The molecule has 14 heteroatoms. The lowest BCUT2D eigenvalue weighted by Gasteiger charge is -2.29. The van der Waals surface area contributed by atoms with Gasteiger partial charge in [-0.05, 0) is 63.0 Å². The highest BCUT2D eigenvalue weighted by Crippen LogP contribution is 2.27. The van der Waals surface area contributed by atoms with Crippen molar-refractivity contribution in [3.63, 3.8) is 0 Å². The van der Waals surface area contributed by atoms with E-state index in [-0.39, 0.29) is 37.5 Å². The van der Waals surface area contributed by atoms with Gasteiger partial charge < -0.3 is 38.1 Å². The first-order valence-corrected chi connectivity index (χ1v) is 19.4. The topological polar surface area (TPSA) is 232 Å². The molecule has 1 saturated carbocycles. The fourth-order valence-electron chi connectivity index (χ4n) is 6.97. The average Bonchev–Trinajstić information content (AvgIpc) is 3.18. The molecular formula is C41H55N7O7. The van der Waals surface area contributed by atoms with Gasteiger partial charge in [-0.15, -0.1) is 0 Å². The van der Waals surface area contributed by atoms with E-state index in [4.69, 9.17) is 11.5 Å². The summed E-state index contributed by atoms with van der Waals surface area (Å²) in [5.74, 6) is -3.71. The molecule has 55 heavy (non-hydrogen) atoms. The highest BCUT2D eigenvalue weighted by Gasteiger charge is 2.32. The number of nitrogens with one attached hydrogen (secondary N) is 5. The van der Waals surface area contributed by atoms with Gasteiger partial charge in [-0.2, -0.15) is 0 Å². The minimum atomic E-state index is -1.05. The van der Waals surface area contributed by atoms with E-state index >= 15 is 0 Å². The van der Waals surface area contributed by atoms with E-state index in [1.54, 1.807) is 48.5 Å². The minimum Gasteiger partial charge on any atom is -0.368 e. The van der Waals surface area contributed by atoms with Crippen LogP contribution in [-0.2, 0) is 35.2 Å². The third-order valence-electron chi connectivity index (χ3n) is 10.1. The van der Waals surface area contributed by atoms with Crippen LogP contribution in [0.1, 0.15) is 98.5 Å². The number of nitrogens with two attached hydrogens (primary N) is 2. The molecule has 14 nitrogen and oxygen atoms in total. The summed E-state index contributed by atoms with van der Waals surface area (Å²) in [6, 6.07) is 11.7. The molecule has 2 aliphatic rings. The maximum absolute atomic E-state index is 14.2. The molecule has 2 unspecified atom stereocenters. The number of amides is 6. The molecule has 2 aromatic rings. The maximum atomic E-state index is 14.2. The Kier molecular flexibility index (Phi) is 17.0. The molecule has 2 aromatic carbocycles. The average molecular weight is 758 g/mol. The molecule has 0 bridgehead atoms. The molecule has 0 radical (unpaired) electrons. The van der Waals surface area contributed by atoms with Gasteiger partial charge in [0.15, 0.2) is 5.78 Å². The van der Waals surface area contributed by atoms with E-state index in [9.17, 15) is 33.6 Å². The summed E-state index contributed by atoms with van der Waals surface area (Å²) in [5.41, 5.74) is 12.9. The van der Waals surface area contributed by atoms with Crippen molar-refractivity contribution in [2.24, 2.45) is 17.4 Å². The Bertz CT molecular complexity index is 1660. The fraction of sp³-hybridized carbons (Fsp3) is 0.488. The van der Waals surface area contributed by atoms with Gasteiger partial charge in [-0.3, -0.25) is 33.6 Å². The van der Waals surface area contributed by atoms with Crippen molar-refractivity contribution in [1.29, 1.82) is 0 Å². The van der Waals surface area contributed by atoms with Crippen LogP contribution in [0.3, 0.4) is 0 Å². The van der Waals surface area contributed by atoms with Crippen LogP contribution in [0, 0.1) is 5.92 Å². The molecule has 4 rings (SSSR count). The van der Waals surface area contributed by atoms with E-state index in [0.29, 0.717) is 55.3 Å². The van der Waals surface area contributed by atoms with Crippen molar-refractivity contribution in [3.05, 3.63) is 83.4 Å². The monoisotopic (exact) mass is 757 g/mol. The van der Waals surface area contributed by atoms with E-state index in [2.05, 4.69) is 26.6 Å².